The zero-order valence-electron chi connectivity index (χ0n) is 7.55. The molecule has 0 radical (unpaired) electrons. The molecule has 1 unspecified atom stereocenters. The monoisotopic (exact) mass is 184 g/mol. The van der Waals surface area contributed by atoms with Gasteiger partial charge in [0.25, 0.3) is 0 Å². The summed E-state index contributed by atoms with van der Waals surface area (Å²) in [6.07, 6.45) is 3.92. The van der Waals surface area contributed by atoms with Crippen molar-refractivity contribution in [3.63, 3.8) is 0 Å². The lowest BCUT2D eigenvalue weighted by atomic mass is 10.2. The molecule has 2 aliphatic rings. The summed E-state index contributed by atoms with van der Waals surface area (Å²) < 4.78 is 0. The third kappa shape index (κ3) is 1.89. The standard InChI is InChI=1S/C9H16N2S/c1-7-4-5-11(6-7)9(12)10-8-2-3-8/h7-8H,2-6H2,1H3,(H,10,12). The average molecular weight is 184 g/mol. The summed E-state index contributed by atoms with van der Waals surface area (Å²) in [6.45, 7) is 4.60. The molecular formula is C9H16N2S. The lowest BCUT2D eigenvalue weighted by molar-refractivity contribution is 0.483. The van der Waals surface area contributed by atoms with Crippen molar-refractivity contribution >= 4 is 17.3 Å². The Kier molecular flexibility index (Phi) is 2.22. The van der Waals surface area contributed by atoms with E-state index in [4.69, 9.17) is 12.2 Å². The Balaban J connectivity index is 1.79. The van der Waals surface area contributed by atoms with Gasteiger partial charge in [-0.2, -0.15) is 0 Å². The molecule has 1 saturated carbocycles. The van der Waals surface area contributed by atoms with Crippen LogP contribution in [0, 0.1) is 5.92 Å². The van der Waals surface area contributed by atoms with E-state index in [2.05, 4.69) is 17.1 Å². The van der Waals surface area contributed by atoms with Gasteiger partial charge < -0.3 is 10.2 Å². The summed E-state index contributed by atoms with van der Waals surface area (Å²) in [4.78, 5) is 2.30. The van der Waals surface area contributed by atoms with E-state index in [-0.39, 0.29) is 0 Å². The number of hydrogen-bond donors (Lipinski definition) is 1. The van der Waals surface area contributed by atoms with Gasteiger partial charge >= 0.3 is 0 Å². The first-order chi connectivity index (χ1) is 5.75. The Hall–Kier alpha value is -0.310. The first-order valence-electron chi connectivity index (χ1n) is 4.81. The maximum atomic E-state index is 5.30. The number of rotatable bonds is 1. The minimum Gasteiger partial charge on any atom is -0.360 e. The third-order valence-corrected chi connectivity index (χ3v) is 2.99. The van der Waals surface area contributed by atoms with Crippen LogP contribution in [-0.4, -0.2) is 29.1 Å². The molecule has 1 atom stereocenters. The second-order valence-electron chi connectivity index (χ2n) is 4.06. The van der Waals surface area contributed by atoms with E-state index in [1.807, 2.05) is 0 Å². The molecule has 0 spiro atoms. The van der Waals surface area contributed by atoms with Crippen LogP contribution in [0.2, 0.25) is 0 Å². The van der Waals surface area contributed by atoms with Gasteiger partial charge in [0, 0.05) is 19.1 Å². The molecule has 12 heavy (non-hydrogen) atoms. The fraction of sp³-hybridized carbons (Fsp3) is 0.889. The van der Waals surface area contributed by atoms with Crippen LogP contribution < -0.4 is 5.32 Å². The maximum Gasteiger partial charge on any atom is 0.169 e. The Morgan fingerprint density at radius 2 is 2.17 bits per heavy atom. The Bertz CT molecular complexity index is 189. The fourth-order valence-electron chi connectivity index (χ4n) is 1.61. The van der Waals surface area contributed by atoms with E-state index in [0.717, 1.165) is 24.1 Å². The topological polar surface area (TPSA) is 15.3 Å². The van der Waals surface area contributed by atoms with Gasteiger partial charge in [-0.15, -0.1) is 0 Å². The number of hydrogen-bond acceptors (Lipinski definition) is 1. The first kappa shape index (κ1) is 8.30. The predicted octanol–water partition coefficient (Wildman–Crippen LogP) is 1.37. The highest BCUT2D eigenvalue weighted by Crippen LogP contribution is 2.21. The molecule has 1 N–H and O–H groups in total. The van der Waals surface area contributed by atoms with Crippen molar-refractivity contribution in [1.29, 1.82) is 0 Å². The predicted molar refractivity (Wildman–Crippen MR) is 54.1 cm³/mol. The van der Waals surface area contributed by atoms with Crippen molar-refractivity contribution in [2.24, 2.45) is 5.92 Å². The van der Waals surface area contributed by atoms with Gasteiger partial charge in [-0.3, -0.25) is 0 Å². The largest absolute Gasteiger partial charge is 0.360 e. The number of thiocarbonyl (C=S) groups is 1. The molecule has 2 rings (SSSR count). The van der Waals surface area contributed by atoms with Crippen LogP contribution in [0.4, 0.5) is 0 Å². The van der Waals surface area contributed by atoms with Crippen molar-refractivity contribution < 1.29 is 0 Å². The second kappa shape index (κ2) is 3.21. The normalized spacial score (nSPS) is 29.1. The molecule has 3 heteroatoms. The number of nitrogens with one attached hydrogen (secondary N) is 1. The lowest BCUT2D eigenvalue weighted by Gasteiger charge is -2.19. The fourth-order valence-corrected chi connectivity index (χ4v) is 1.95. The summed E-state index contributed by atoms with van der Waals surface area (Å²) in [7, 11) is 0. The maximum absolute atomic E-state index is 5.30. The summed E-state index contributed by atoms with van der Waals surface area (Å²) >= 11 is 5.30. The van der Waals surface area contributed by atoms with Gasteiger partial charge in [0.2, 0.25) is 0 Å². The van der Waals surface area contributed by atoms with Crippen LogP contribution in [0.5, 0.6) is 0 Å². The van der Waals surface area contributed by atoms with Gasteiger partial charge in [-0.25, -0.2) is 0 Å². The molecule has 0 aromatic heterocycles. The molecule has 0 bridgehead atoms. The smallest absolute Gasteiger partial charge is 0.169 e. The van der Waals surface area contributed by atoms with Crippen molar-refractivity contribution in [2.45, 2.75) is 32.2 Å². The number of likely N-dealkylation sites (tertiary alicyclic amines) is 1. The quantitative estimate of drug-likeness (QED) is 0.620. The highest BCUT2D eigenvalue weighted by Gasteiger charge is 2.26. The van der Waals surface area contributed by atoms with Crippen molar-refractivity contribution in [2.75, 3.05) is 13.1 Å². The van der Waals surface area contributed by atoms with Gasteiger partial charge in [-0.1, -0.05) is 6.92 Å². The van der Waals surface area contributed by atoms with Crippen LogP contribution in [0.15, 0.2) is 0 Å². The van der Waals surface area contributed by atoms with E-state index >= 15 is 0 Å². The SMILES string of the molecule is CC1CCN(C(=S)NC2CC2)C1. The molecule has 2 fully saturated rings. The molecular weight excluding hydrogens is 168 g/mol. The van der Waals surface area contributed by atoms with Gasteiger partial charge in [0.05, 0.1) is 0 Å². The van der Waals surface area contributed by atoms with E-state index in [1.165, 1.54) is 19.3 Å². The van der Waals surface area contributed by atoms with Crippen molar-refractivity contribution in [3.8, 4) is 0 Å². The molecule has 2 nitrogen and oxygen atoms in total. The van der Waals surface area contributed by atoms with Crippen LogP contribution in [0.3, 0.4) is 0 Å². The number of nitrogens with zero attached hydrogens (tertiary/aromatic N) is 1. The lowest BCUT2D eigenvalue weighted by Crippen LogP contribution is -2.39. The average Bonchev–Trinajstić information content (AvgIpc) is 2.72. The van der Waals surface area contributed by atoms with Crippen LogP contribution in [0.25, 0.3) is 0 Å². The van der Waals surface area contributed by atoms with E-state index < -0.39 is 0 Å². The molecule has 68 valence electrons. The van der Waals surface area contributed by atoms with Gasteiger partial charge in [0.1, 0.15) is 0 Å². The van der Waals surface area contributed by atoms with Gasteiger partial charge in [-0.05, 0) is 37.4 Å². The highest BCUT2D eigenvalue weighted by molar-refractivity contribution is 7.80. The molecule has 1 aliphatic carbocycles. The van der Waals surface area contributed by atoms with Crippen molar-refractivity contribution in [3.05, 3.63) is 0 Å². The molecule has 0 aromatic carbocycles. The van der Waals surface area contributed by atoms with Crippen LogP contribution in [-0.2, 0) is 0 Å². The molecule has 1 aliphatic heterocycles. The Morgan fingerprint density at radius 1 is 1.42 bits per heavy atom. The van der Waals surface area contributed by atoms with E-state index in [9.17, 15) is 0 Å². The molecule has 1 saturated heterocycles. The van der Waals surface area contributed by atoms with Crippen LogP contribution >= 0.6 is 12.2 Å². The summed E-state index contributed by atoms with van der Waals surface area (Å²) in [5.41, 5.74) is 0. The molecule has 0 aromatic rings. The third-order valence-electron chi connectivity index (χ3n) is 2.62. The van der Waals surface area contributed by atoms with Crippen LogP contribution in [0.1, 0.15) is 26.2 Å². The molecule has 0 amide bonds. The zero-order chi connectivity index (χ0) is 8.55. The van der Waals surface area contributed by atoms with Crippen molar-refractivity contribution in [1.82, 2.24) is 10.2 Å². The first-order valence-corrected chi connectivity index (χ1v) is 5.22. The van der Waals surface area contributed by atoms with E-state index in [1.54, 1.807) is 0 Å². The second-order valence-corrected chi connectivity index (χ2v) is 4.45. The molecule has 1 heterocycles. The summed E-state index contributed by atoms with van der Waals surface area (Å²) in [5.74, 6) is 0.823. The summed E-state index contributed by atoms with van der Waals surface area (Å²) in [6, 6.07) is 0.702. The summed E-state index contributed by atoms with van der Waals surface area (Å²) in [5, 5.41) is 4.36. The van der Waals surface area contributed by atoms with E-state index in [0.29, 0.717) is 6.04 Å². The minimum atomic E-state index is 0.702. The van der Waals surface area contributed by atoms with Gasteiger partial charge in [0.15, 0.2) is 5.11 Å². The Morgan fingerprint density at radius 3 is 2.67 bits per heavy atom. The zero-order valence-corrected chi connectivity index (χ0v) is 8.36. The Labute approximate surface area is 79.3 Å². The minimum absolute atomic E-state index is 0.702. The highest BCUT2D eigenvalue weighted by atomic mass is 32.1.